The first-order valence-corrected chi connectivity index (χ1v) is 11.0. The van der Waals surface area contributed by atoms with Crippen LogP contribution in [-0.2, 0) is 26.1 Å². The molecular weight excluding hydrogens is 455 g/mol. The quantitative estimate of drug-likeness (QED) is 0.578. The van der Waals surface area contributed by atoms with Crippen molar-refractivity contribution in [3.05, 3.63) is 62.1 Å². The molecule has 0 aliphatic carbocycles. The van der Waals surface area contributed by atoms with Crippen molar-refractivity contribution in [3.8, 4) is 0 Å². The molecule has 2 aromatic heterocycles. The molecule has 0 unspecified atom stereocenters. The Labute approximate surface area is 193 Å². The third-order valence-electron chi connectivity index (χ3n) is 6.07. The van der Waals surface area contributed by atoms with Crippen LogP contribution in [-0.4, -0.2) is 54.3 Å². The third-order valence-corrected chi connectivity index (χ3v) is 6.81. The van der Waals surface area contributed by atoms with Gasteiger partial charge < -0.3 is 9.80 Å². The van der Waals surface area contributed by atoms with E-state index in [1.165, 1.54) is 0 Å². The summed E-state index contributed by atoms with van der Waals surface area (Å²) in [4.78, 5) is 30.1. The lowest BCUT2D eigenvalue weighted by molar-refractivity contribution is 0.0635. The van der Waals surface area contributed by atoms with Crippen LogP contribution >= 0.6 is 23.2 Å². The van der Waals surface area contributed by atoms with Crippen molar-refractivity contribution < 1.29 is 14.2 Å². The molecule has 2 aliphatic rings. The fourth-order valence-electron chi connectivity index (χ4n) is 4.25. The number of aromatic nitrogens is 4. The zero-order valence-corrected chi connectivity index (χ0v) is 19.0. The number of rotatable bonds is 3. The summed E-state index contributed by atoms with van der Waals surface area (Å²) in [5, 5.41) is 13.1. The van der Waals surface area contributed by atoms with Crippen LogP contribution in [0, 0.1) is 6.92 Å². The highest BCUT2D eigenvalue weighted by Crippen LogP contribution is 2.31. The fourth-order valence-corrected chi connectivity index (χ4v) is 4.55. The van der Waals surface area contributed by atoms with Crippen LogP contribution in [0.5, 0.6) is 0 Å². The predicted molar refractivity (Wildman–Crippen MR) is 116 cm³/mol. The Kier molecular flexibility index (Phi) is 5.17. The van der Waals surface area contributed by atoms with E-state index in [0.717, 1.165) is 11.3 Å². The fraction of sp³-hybridized carbons (Fsp3) is 0.381. The summed E-state index contributed by atoms with van der Waals surface area (Å²) in [5.41, 5.74) is 3.93. The summed E-state index contributed by atoms with van der Waals surface area (Å²) in [5.74, 6) is -0.296. The van der Waals surface area contributed by atoms with Crippen LogP contribution in [0.25, 0.3) is 0 Å². The minimum Gasteiger partial charge on any atom is -0.331 e. The summed E-state index contributed by atoms with van der Waals surface area (Å²) >= 11 is 12.1. The molecule has 0 N–H and O–H groups in total. The maximum Gasteiger partial charge on any atom is 0.272 e. The van der Waals surface area contributed by atoms with E-state index in [0.29, 0.717) is 65.3 Å². The molecule has 0 fully saturated rings. The van der Waals surface area contributed by atoms with Gasteiger partial charge in [0.1, 0.15) is 17.1 Å². The lowest BCUT2D eigenvalue weighted by Gasteiger charge is -2.34. The van der Waals surface area contributed by atoms with Crippen LogP contribution in [0.2, 0.25) is 10.0 Å². The van der Waals surface area contributed by atoms with Gasteiger partial charge in [-0.2, -0.15) is 5.10 Å². The minimum absolute atomic E-state index is 0.0727. The number of carbonyl (C=O) groups is 2. The molecule has 9 nitrogen and oxygen atoms in total. The first-order chi connectivity index (χ1) is 15.3. The van der Waals surface area contributed by atoms with E-state index < -0.39 is 0 Å². The van der Waals surface area contributed by atoms with Gasteiger partial charge in [-0.3, -0.25) is 14.3 Å². The molecule has 0 radical (unpaired) electrons. The van der Waals surface area contributed by atoms with Gasteiger partial charge in [0.2, 0.25) is 0 Å². The van der Waals surface area contributed by atoms with Gasteiger partial charge in [-0.25, -0.2) is 4.63 Å². The van der Waals surface area contributed by atoms with Crippen LogP contribution < -0.4 is 0 Å². The molecule has 1 aromatic carbocycles. The van der Waals surface area contributed by atoms with Crippen molar-refractivity contribution in [2.24, 2.45) is 0 Å². The summed E-state index contributed by atoms with van der Waals surface area (Å²) in [6.45, 7) is 5.48. The van der Waals surface area contributed by atoms with Crippen molar-refractivity contribution in [2.45, 2.75) is 45.9 Å². The van der Waals surface area contributed by atoms with Crippen LogP contribution in [0.4, 0.5) is 0 Å². The molecular formula is C21H20Cl2N6O3. The molecule has 0 saturated heterocycles. The zero-order chi connectivity index (χ0) is 22.6. The second kappa shape index (κ2) is 7.90. The molecule has 32 heavy (non-hydrogen) atoms. The molecule has 11 heteroatoms. The number of nitrogens with zero attached hydrogens (tertiary/aromatic N) is 6. The molecule has 0 bridgehead atoms. The number of carbonyl (C=O) groups excluding carboxylic acids is 2. The number of hydrogen-bond acceptors (Lipinski definition) is 6. The van der Waals surface area contributed by atoms with E-state index >= 15 is 0 Å². The Morgan fingerprint density at radius 1 is 1.22 bits per heavy atom. The van der Waals surface area contributed by atoms with E-state index in [4.69, 9.17) is 27.8 Å². The number of halogens is 2. The number of aryl methyl sites for hydroxylation is 1. The van der Waals surface area contributed by atoms with Crippen molar-refractivity contribution >= 4 is 35.0 Å². The van der Waals surface area contributed by atoms with Crippen molar-refractivity contribution in [1.29, 1.82) is 0 Å². The third kappa shape index (κ3) is 3.45. The number of amides is 2. The van der Waals surface area contributed by atoms with E-state index in [-0.39, 0.29) is 17.9 Å². The summed E-state index contributed by atoms with van der Waals surface area (Å²) in [6.07, 6.45) is 0.571. The second-order valence-electron chi connectivity index (χ2n) is 8.14. The summed E-state index contributed by atoms with van der Waals surface area (Å²) in [6, 6.07) is 4.77. The molecule has 1 atom stereocenters. The molecule has 2 amide bonds. The summed E-state index contributed by atoms with van der Waals surface area (Å²) < 4.78 is 6.52. The predicted octanol–water partition coefficient (Wildman–Crippen LogP) is 3.12. The van der Waals surface area contributed by atoms with Crippen molar-refractivity contribution in [3.63, 3.8) is 0 Å². The van der Waals surface area contributed by atoms with Crippen LogP contribution in [0.3, 0.4) is 0 Å². The molecule has 2 aliphatic heterocycles. The molecule has 166 valence electrons. The zero-order valence-electron chi connectivity index (χ0n) is 17.5. The van der Waals surface area contributed by atoms with Gasteiger partial charge in [0.15, 0.2) is 0 Å². The van der Waals surface area contributed by atoms with Crippen molar-refractivity contribution in [1.82, 2.24) is 29.9 Å². The molecule has 0 spiro atoms. The topological polar surface area (TPSA) is 97.4 Å². The smallest absolute Gasteiger partial charge is 0.272 e. The van der Waals surface area contributed by atoms with E-state index in [1.807, 2.05) is 6.92 Å². The van der Waals surface area contributed by atoms with Crippen LogP contribution in [0.1, 0.15) is 50.4 Å². The highest BCUT2D eigenvalue weighted by molar-refractivity contribution is 6.42. The number of benzene rings is 1. The number of fused-ring (bicyclic) bond motifs is 3. The lowest BCUT2D eigenvalue weighted by atomic mass is 9.97. The first kappa shape index (κ1) is 21.0. The SMILES string of the molecule is Cc1nonc1CN1CCn2nc3c(c2C1=O)CN(C(=O)c1ccc(Cl)c(Cl)c1)[C@H](C)C3. The summed E-state index contributed by atoms with van der Waals surface area (Å²) in [7, 11) is 0. The Balaban J connectivity index is 1.44. The highest BCUT2D eigenvalue weighted by atomic mass is 35.5. The van der Waals surface area contributed by atoms with Gasteiger partial charge in [0.05, 0.1) is 35.4 Å². The minimum atomic E-state index is -0.161. The molecule has 5 rings (SSSR count). The Hall–Kier alpha value is -2.91. The lowest BCUT2D eigenvalue weighted by Crippen LogP contribution is -2.44. The maximum atomic E-state index is 13.3. The normalized spacial score (nSPS) is 18.0. The van der Waals surface area contributed by atoms with Gasteiger partial charge in [0, 0.05) is 30.1 Å². The monoisotopic (exact) mass is 474 g/mol. The van der Waals surface area contributed by atoms with Gasteiger partial charge in [0.25, 0.3) is 11.8 Å². The van der Waals surface area contributed by atoms with Crippen LogP contribution in [0.15, 0.2) is 22.8 Å². The molecule has 4 heterocycles. The molecule has 3 aromatic rings. The van der Waals surface area contributed by atoms with E-state index in [1.54, 1.807) is 39.6 Å². The molecule has 0 saturated carbocycles. The average Bonchev–Trinajstić information content (AvgIpc) is 3.33. The first-order valence-electron chi connectivity index (χ1n) is 10.3. The Morgan fingerprint density at radius 2 is 2.03 bits per heavy atom. The van der Waals surface area contributed by atoms with Gasteiger partial charge >= 0.3 is 0 Å². The van der Waals surface area contributed by atoms with E-state index in [9.17, 15) is 9.59 Å². The van der Waals surface area contributed by atoms with Gasteiger partial charge in [-0.1, -0.05) is 33.5 Å². The Bertz CT molecular complexity index is 1240. The standard InChI is InChI=1S/C21H20Cl2N6O3/c1-11-7-17-14(9-28(11)20(30)13-3-4-15(22)16(23)8-13)19-21(31)27(5-6-29(19)24-17)10-18-12(2)25-32-26-18/h3-4,8,11H,5-7,9-10H2,1-2H3/t11-/m1/s1. The Morgan fingerprint density at radius 3 is 2.75 bits per heavy atom. The van der Waals surface area contributed by atoms with Crippen molar-refractivity contribution in [2.75, 3.05) is 6.54 Å². The average molecular weight is 475 g/mol. The van der Waals surface area contributed by atoms with E-state index in [2.05, 4.69) is 15.4 Å². The highest BCUT2D eigenvalue weighted by Gasteiger charge is 2.37. The van der Waals surface area contributed by atoms with Gasteiger partial charge in [-0.05, 0) is 32.0 Å². The maximum absolute atomic E-state index is 13.3. The number of hydrogen-bond donors (Lipinski definition) is 0. The second-order valence-corrected chi connectivity index (χ2v) is 8.95. The largest absolute Gasteiger partial charge is 0.331 e. The van der Waals surface area contributed by atoms with Gasteiger partial charge in [-0.15, -0.1) is 0 Å².